The summed E-state index contributed by atoms with van der Waals surface area (Å²) in [4.78, 5) is 17.7. The molecule has 0 bridgehead atoms. The summed E-state index contributed by atoms with van der Waals surface area (Å²) in [6, 6.07) is 0. The molecular formula is C12H22N2O2. The Labute approximate surface area is 97.1 Å². The monoisotopic (exact) mass is 226 g/mol. The average Bonchev–Trinajstić information content (AvgIpc) is 2.39. The first-order chi connectivity index (χ1) is 7.83. The Morgan fingerprint density at radius 3 is 2.75 bits per heavy atom. The Balaban J connectivity index is 1.95. The first-order valence-electron chi connectivity index (χ1n) is 6.47. The van der Waals surface area contributed by atoms with Gasteiger partial charge in [0.05, 0.1) is 6.61 Å². The number of hydrogen-bond donors (Lipinski definition) is 1. The molecule has 92 valence electrons. The number of hydroxylamine groups is 2. The molecule has 0 aromatic heterocycles. The lowest BCUT2D eigenvalue weighted by atomic mass is 9.78. The predicted octanol–water partition coefficient (Wildman–Crippen LogP) is 1.31. The molecule has 0 aromatic carbocycles. The van der Waals surface area contributed by atoms with Crippen molar-refractivity contribution in [1.82, 2.24) is 5.06 Å². The van der Waals surface area contributed by atoms with Crippen LogP contribution in [0.25, 0.3) is 0 Å². The van der Waals surface area contributed by atoms with Gasteiger partial charge in [0.2, 0.25) is 5.91 Å². The number of nitrogens with zero attached hydrogens (tertiary/aromatic N) is 1. The number of carbonyl (C=O) groups excluding carboxylic acids is 1. The van der Waals surface area contributed by atoms with E-state index in [2.05, 4.69) is 0 Å². The van der Waals surface area contributed by atoms with Crippen LogP contribution in [0.2, 0.25) is 0 Å². The van der Waals surface area contributed by atoms with Gasteiger partial charge in [-0.3, -0.25) is 9.63 Å². The predicted molar refractivity (Wildman–Crippen MR) is 61.4 cm³/mol. The zero-order valence-electron chi connectivity index (χ0n) is 9.86. The molecule has 2 atom stereocenters. The van der Waals surface area contributed by atoms with E-state index in [0.717, 1.165) is 38.6 Å². The van der Waals surface area contributed by atoms with Crippen LogP contribution in [0.15, 0.2) is 0 Å². The molecule has 1 aliphatic heterocycles. The summed E-state index contributed by atoms with van der Waals surface area (Å²) < 4.78 is 0. The third-order valence-corrected chi connectivity index (χ3v) is 3.78. The minimum atomic E-state index is 0.108. The van der Waals surface area contributed by atoms with Crippen LogP contribution in [-0.4, -0.2) is 30.7 Å². The topological polar surface area (TPSA) is 55.6 Å². The first-order valence-corrected chi connectivity index (χ1v) is 6.47. The van der Waals surface area contributed by atoms with E-state index >= 15 is 0 Å². The molecule has 1 saturated heterocycles. The summed E-state index contributed by atoms with van der Waals surface area (Å²) in [5, 5.41) is 1.59. The largest absolute Gasteiger partial charge is 0.330 e. The maximum Gasteiger partial charge on any atom is 0.249 e. The normalized spacial score (nSPS) is 31.4. The first kappa shape index (κ1) is 11.9. The van der Waals surface area contributed by atoms with Gasteiger partial charge in [-0.1, -0.05) is 12.8 Å². The van der Waals surface area contributed by atoms with Gasteiger partial charge in [-0.05, 0) is 38.1 Å². The molecule has 2 unspecified atom stereocenters. The fourth-order valence-corrected chi connectivity index (χ4v) is 2.77. The van der Waals surface area contributed by atoms with Gasteiger partial charge in [-0.15, -0.1) is 0 Å². The number of hydrogen-bond acceptors (Lipinski definition) is 3. The minimum Gasteiger partial charge on any atom is -0.330 e. The van der Waals surface area contributed by atoms with Crippen molar-refractivity contribution in [1.29, 1.82) is 0 Å². The number of carbonyl (C=O) groups is 1. The molecule has 1 saturated carbocycles. The summed E-state index contributed by atoms with van der Waals surface area (Å²) in [6.45, 7) is 2.07. The van der Waals surface area contributed by atoms with Gasteiger partial charge in [0.1, 0.15) is 0 Å². The van der Waals surface area contributed by atoms with E-state index in [1.54, 1.807) is 5.06 Å². The maximum absolute atomic E-state index is 12.3. The average molecular weight is 226 g/mol. The zero-order valence-corrected chi connectivity index (χ0v) is 9.86. The lowest BCUT2D eigenvalue weighted by Crippen LogP contribution is -2.44. The molecular weight excluding hydrogens is 204 g/mol. The Kier molecular flexibility index (Phi) is 4.18. The zero-order chi connectivity index (χ0) is 11.4. The lowest BCUT2D eigenvalue weighted by molar-refractivity contribution is -0.203. The highest BCUT2D eigenvalue weighted by atomic mass is 16.7. The highest BCUT2D eigenvalue weighted by Crippen LogP contribution is 2.31. The van der Waals surface area contributed by atoms with Gasteiger partial charge in [0.15, 0.2) is 0 Å². The van der Waals surface area contributed by atoms with E-state index in [1.165, 1.54) is 6.42 Å². The van der Waals surface area contributed by atoms with Crippen LogP contribution < -0.4 is 5.73 Å². The molecule has 16 heavy (non-hydrogen) atoms. The van der Waals surface area contributed by atoms with Gasteiger partial charge in [0.25, 0.3) is 0 Å². The van der Waals surface area contributed by atoms with Crippen LogP contribution >= 0.6 is 0 Å². The van der Waals surface area contributed by atoms with Crippen molar-refractivity contribution in [3.05, 3.63) is 0 Å². The maximum atomic E-state index is 12.3. The van der Waals surface area contributed by atoms with E-state index in [1.807, 2.05) is 0 Å². The van der Waals surface area contributed by atoms with Crippen molar-refractivity contribution >= 4 is 5.91 Å². The van der Waals surface area contributed by atoms with Crippen LogP contribution in [0.3, 0.4) is 0 Å². The molecule has 1 amide bonds. The third kappa shape index (κ3) is 2.55. The summed E-state index contributed by atoms with van der Waals surface area (Å²) in [5.74, 6) is 0.651. The van der Waals surface area contributed by atoms with Crippen molar-refractivity contribution in [3.63, 3.8) is 0 Å². The molecule has 4 nitrogen and oxygen atoms in total. The van der Waals surface area contributed by atoms with E-state index in [9.17, 15) is 4.79 Å². The summed E-state index contributed by atoms with van der Waals surface area (Å²) in [6.07, 6.45) is 6.58. The van der Waals surface area contributed by atoms with Crippen LogP contribution in [0.1, 0.15) is 38.5 Å². The molecule has 4 heteroatoms. The Morgan fingerprint density at radius 1 is 1.25 bits per heavy atom. The standard InChI is InChI=1S/C12H22N2O2/c13-9-10-5-1-2-6-11(10)12(15)14-7-3-4-8-16-14/h10-11H,1-9,13H2. The molecule has 2 rings (SSSR count). The van der Waals surface area contributed by atoms with Gasteiger partial charge in [-0.25, -0.2) is 5.06 Å². The molecule has 2 fully saturated rings. The third-order valence-electron chi connectivity index (χ3n) is 3.78. The highest BCUT2D eigenvalue weighted by Gasteiger charge is 2.33. The molecule has 0 aromatic rings. The number of nitrogens with two attached hydrogens (primary N) is 1. The van der Waals surface area contributed by atoms with Gasteiger partial charge >= 0.3 is 0 Å². The summed E-state index contributed by atoms with van der Waals surface area (Å²) in [7, 11) is 0. The summed E-state index contributed by atoms with van der Waals surface area (Å²) in [5.41, 5.74) is 5.75. The van der Waals surface area contributed by atoms with Crippen LogP contribution in [0, 0.1) is 11.8 Å². The van der Waals surface area contributed by atoms with E-state index < -0.39 is 0 Å². The Morgan fingerprint density at radius 2 is 2.06 bits per heavy atom. The smallest absolute Gasteiger partial charge is 0.249 e. The van der Waals surface area contributed by atoms with Gasteiger partial charge in [-0.2, -0.15) is 0 Å². The second kappa shape index (κ2) is 5.64. The van der Waals surface area contributed by atoms with Crippen molar-refractivity contribution in [2.75, 3.05) is 19.7 Å². The number of rotatable bonds is 2. The van der Waals surface area contributed by atoms with E-state index in [0.29, 0.717) is 19.1 Å². The fraction of sp³-hybridized carbons (Fsp3) is 0.917. The second-order valence-corrected chi connectivity index (χ2v) is 4.87. The minimum absolute atomic E-state index is 0.108. The highest BCUT2D eigenvalue weighted by molar-refractivity contribution is 5.78. The van der Waals surface area contributed by atoms with Gasteiger partial charge < -0.3 is 5.73 Å². The molecule has 2 aliphatic rings. The number of amides is 1. The quantitative estimate of drug-likeness (QED) is 0.772. The SMILES string of the molecule is NCC1CCCCC1C(=O)N1CCCCO1. The molecule has 0 spiro atoms. The Hall–Kier alpha value is -0.610. The van der Waals surface area contributed by atoms with Gasteiger partial charge in [0, 0.05) is 12.5 Å². The van der Waals surface area contributed by atoms with E-state index in [-0.39, 0.29) is 11.8 Å². The molecule has 1 aliphatic carbocycles. The van der Waals surface area contributed by atoms with Crippen LogP contribution in [0.5, 0.6) is 0 Å². The molecule has 0 radical (unpaired) electrons. The van der Waals surface area contributed by atoms with Crippen molar-refractivity contribution < 1.29 is 9.63 Å². The summed E-state index contributed by atoms with van der Waals surface area (Å²) >= 11 is 0. The lowest BCUT2D eigenvalue weighted by Gasteiger charge is -2.35. The Bertz CT molecular complexity index is 239. The van der Waals surface area contributed by atoms with Crippen LogP contribution in [0.4, 0.5) is 0 Å². The fourth-order valence-electron chi connectivity index (χ4n) is 2.77. The molecule has 1 heterocycles. The van der Waals surface area contributed by atoms with Crippen molar-refractivity contribution in [2.24, 2.45) is 17.6 Å². The van der Waals surface area contributed by atoms with Crippen molar-refractivity contribution in [2.45, 2.75) is 38.5 Å². The van der Waals surface area contributed by atoms with Crippen LogP contribution in [-0.2, 0) is 9.63 Å². The van der Waals surface area contributed by atoms with Crippen molar-refractivity contribution in [3.8, 4) is 0 Å². The van der Waals surface area contributed by atoms with E-state index in [4.69, 9.17) is 10.6 Å². The molecule has 2 N–H and O–H groups in total. The second-order valence-electron chi connectivity index (χ2n) is 4.87.